The molecule has 0 aromatic heterocycles. The number of hydrogen-bond acceptors (Lipinski definition) is 3. The second-order valence-electron chi connectivity index (χ2n) is 5.15. The fourth-order valence-electron chi connectivity index (χ4n) is 2.66. The molecule has 92 valence electrons. The number of nitrogens with one attached hydrogen (secondary N) is 1. The second kappa shape index (κ2) is 4.67. The van der Waals surface area contributed by atoms with Crippen LogP contribution in [0.15, 0.2) is 18.2 Å². The molecule has 2 aliphatic heterocycles. The van der Waals surface area contributed by atoms with Gasteiger partial charge in [0.1, 0.15) is 11.9 Å². The Morgan fingerprint density at radius 2 is 2.29 bits per heavy atom. The van der Waals surface area contributed by atoms with Crippen LogP contribution in [0.5, 0.6) is 5.75 Å². The Morgan fingerprint density at radius 3 is 3.12 bits per heavy atom. The molecule has 0 saturated carbocycles. The molecule has 1 aromatic rings. The molecule has 3 heteroatoms. The summed E-state index contributed by atoms with van der Waals surface area (Å²) in [5, 5.41) is 3.33. The Balaban J connectivity index is 1.74. The SMILES string of the molecule is CN1CCc2cc(OC3CCNC3)ccc2C1. The molecule has 3 nitrogen and oxygen atoms in total. The van der Waals surface area contributed by atoms with Gasteiger partial charge in [-0.3, -0.25) is 0 Å². The minimum absolute atomic E-state index is 0.360. The highest BCUT2D eigenvalue weighted by molar-refractivity contribution is 5.37. The third-order valence-corrected chi connectivity index (χ3v) is 3.70. The standard InChI is InChI=1S/C14H20N2O/c1-16-7-5-11-8-13(3-2-12(11)10-16)17-14-4-6-15-9-14/h2-3,8,14-15H,4-7,9-10H2,1H3. The highest BCUT2D eigenvalue weighted by Gasteiger charge is 2.18. The zero-order valence-corrected chi connectivity index (χ0v) is 10.4. The van der Waals surface area contributed by atoms with Gasteiger partial charge in [0, 0.05) is 19.6 Å². The summed E-state index contributed by atoms with van der Waals surface area (Å²) in [6, 6.07) is 6.58. The number of nitrogens with zero attached hydrogens (tertiary/aromatic N) is 1. The van der Waals surface area contributed by atoms with Crippen molar-refractivity contribution >= 4 is 0 Å². The largest absolute Gasteiger partial charge is 0.489 e. The highest BCUT2D eigenvalue weighted by atomic mass is 16.5. The normalized spacial score (nSPS) is 24.6. The molecule has 0 aliphatic carbocycles. The summed E-state index contributed by atoms with van der Waals surface area (Å²) >= 11 is 0. The molecule has 0 spiro atoms. The van der Waals surface area contributed by atoms with Gasteiger partial charge < -0.3 is 15.0 Å². The van der Waals surface area contributed by atoms with Crippen LogP contribution in [0.25, 0.3) is 0 Å². The molecular weight excluding hydrogens is 212 g/mol. The molecule has 1 N–H and O–H groups in total. The third kappa shape index (κ3) is 2.45. The van der Waals surface area contributed by atoms with Gasteiger partial charge in [0.2, 0.25) is 0 Å². The first-order chi connectivity index (χ1) is 8.31. The molecule has 17 heavy (non-hydrogen) atoms. The van der Waals surface area contributed by atoms with Crippen LogP contribution in [0.4, 0.5) is 0 Å². The monoisotopic (exact) mass is 232 g/mol. The van der Waals surface area contributed by atoms with E-state index in [0.29, 0.717) is 6.10 Å². The average molecular weight is 232 g/mol. The predicted molar refractivity (Wildman–Crippen MR) is 68.4 cm³/mol. The number of ether oxygens (including phenoxy) is 1. The highest BCUT2D eigenvalue weighted by Crippen LogP contribution is 2.24. The van der Waals surface area contributed by atoms with Gasteiger partial charge in [-0.1, -0.05) is 6.07 Å². The molecule has 1 saturated heterocycles. The summed E-state index contributed by atoms with van der Waals surface area (Å²) in [4.78, 5) is 2.36. The Hall–Kier alpha value is -1.06. The molecule has 1 fully saturated rings. The average Bonchev–Trinajstić information content (AvgIpc) is 2.82. The molecule has 1 unspecified atom stereocenters. The molecule has 0 radical (unpaired) electrons. The van der Waals surface area contributed by atoms with Crippen LogP contribution in [0.2, 0.25) is 0 Å². The summed E-state index contributed by atoms with van der Waals surface area (Å²) in [6.07, 6.45) is 2.63. The third-order valence-electron chi connectivity index (χ3n) is 3.70. The van der Waals surface area contributed by atoms with Gasteiger partial charge >= 0.3 is 0 Å². The van der Waals surface area contributed by atoms with E-state index in [-0.39, 0.29) is 0 Å². The number of likely N-dealkylation sites (N-methyl/N-ethyl adjacent to an activating group) is 1. The maximum atomic E-state index is 5.99. The molecule has 3 rings (SSSR count). The van der Waals surface area contributed by atoms with Gasteiger partial charge in [0.25, 0.3) is 0 Å². The van der Waals surface area contributed by atoms with E-state index in [0.717, 1.165) is 44.8 Å². The Labute approximate surface area is 103 Å². The van der Waals surface area contributed by atoms with E-state index in [1.165, 1.54) is 11.1 Å². The summed E-state index contributed by atoms with van der Waals surface area (Å²) < 4.78 is 5.99. The molecular formula is C14H20N2O. The van der Waals surface area contributed by atoms with Crippen LogP contribution in [-0.2, 0) is 13.0 Å². The minimum Gasteiger partial charge on any atom is -0.489 e. The van der Waals surface area contributed by atoms with Crippen LogP contribution >= 0.6 is 0 Å². The van der Waals surface area contributed by atoms with E-state index >= 15 is 0 Å². The first-order valence-corrected chi connectivity index (χ1v) is 6.49. The van der Waals surface area contributed by atoms with Gasteiger partial charge in [-0.2, -0.15) is 0 Å². The molecule has 1 aromatic carbocycles. The maximum Gasteiger partial charge on any atom is 0.120 e. The zero-order chi connectivity index (χ0) is 11.7. The lowest BCUT2D eigenvalue weighted by molar-refractivity contribution is 0.222. The van der Waals surface area contributed by atoms with Crippen molar-refractivity contribution in [2.24, 2.45) is 0 Å². The van der Waals surface area contributed by atoms with Crippen LogP contribution in [-0.4, -0.2) is 37.7 Å². The minimum atomic E-state index is 0.360. The molecule has 0 bridgehead atoms. The van der Waals surface area contributed by atoms with Gasteiger partial charge in [-0.15, -0.1) is 0 Å². The van der Waals surface area contributed by atoms with E-state index in [9.17, 15) is 0 Å². The molecule has 2 heterocycles. The van der Waals surface area contributed by atoms with Gasteiger partial charge in [-0.05, 0) is 49.7 Å². The topological polar surface area (TPSA) is 24.5 Å². The Bertz CT molecular complexity index is 399. The van der Waals surface area contributed by atoms with Gasteiger partial charge in [0.15, 0.2) is 0 Å². The van der Waals surface area contributed by atoms with E-state index in [2.05, 4.69) is 35.5 Å². The van der Waals surface area contributed by atoms with Gasteiger partial charge in [-0.25, -0.2) is 0 Å². The Morgan fingerprint density at radius 1 is 1.35 bits per heavy atom. The maximum absolute atomic E-state index is 5.99. The molecule has 0 amide bonds. The lowest BCUT2D eigenvalue weighted by Crippen LogP contribution is -2.26. The zero-order valence-electron chi connectivity index (χ0n) is 10.4. The number of fused-ring (bicyclic) bond motifs is 1. The smallest absolute Gasteiger partial charge is 0.120 e. The van der Waals surface area contributed by atoms with Crippen LogP contribution in [0.3, 0.4) is 0 Å². The van der Waals surface area contributed by atoms with E-state index < -0.39 is 0 Å². The van der Waals surface area contributed by atoms with Crippen LogP contribution in [0, 0.1) is 0 Å². The first-order valence-electron chi connectivity index (χ1n) is 6.49. The van der Waals surface area contributed by atoms with E-state index in [4.69, 9.17) is 4.74 Å². The predicted octanol–water partition coefficient (Wildman–Crippen LogP) is 1.42. The molecule has 2 aliphatic rings. The van der Waals surface area contributed by atoms with Crippen molar-refractivity contribution in [2.75, 3.05) is 26.7 Å². The van der Waals surface area contributed by atoms with Crippen molar-refractivity contribution in [3.8, 4) is 5.75 Å². The second-order valence-corrected chi connectivity index (χ2v) is 5.15. The fraction of sp³-hybridized carbons (Fsp3) is 0.571. The summed E-state index contributed by atoms with van der Waals surface area (Å²) in [6.45, 7) is 4.29. The van der Waals surface area contributed by atoms with Crippen LogP contribution < -0.4 is 10.1 Å². The van der Waals surface area contributed by atoms with Crippen molar-refractivity contribution in [3.63, 3.8) is 0 Å². The molecule has 1 atom stereocenters. The van der Waals surface area contributed by atoms with Gasteiger partial charge in [0.05, 0.1) is 0 Å². The lowest BCUT2D eigenvalue weighted by Gasteiger charge is -2.25. The first kappa shape index (κ1) is 11.1. The van der Waals surface area contributed by atoms with E-state index in [1.807, 2.05) is 0 Å². The van der Waals surface area contributed by atoms with Crippen molar-refractivity contribution in [1.82, 2.24) is 10.2 Å². The lowest BCUT2D eigenvalue weighted by atomic mass is 10.00. The van der Waals surface area contributed by atoms with Crippen molar-refractivity contribution in [2.45, 2.75) is 25.5 Å². The van der Waals surface area contributed by atoms with E-state index in [1.54, 1.807) is 0 Å². The number of hydrogen-bond donors (Lipinski definition) is 1. The Kier molecular flexibility index (Phi) is 3.04. The fourth-order valence-corrected chi connectivity index (χ4v) is 2.66. The van der Waals surface area contributed by atoms with Crippen molar-refractivity contribution in [1.29, 1.82) is 0 Å². The quantitative estimate of drug-likeness (QED) is 0.834. The summed E-state index contributed by atoms with van der Waals surface area (Å²) in [5.74, 6) is 1.04. The number of benzene rings is 1. The van der Waals surface area contributed by atoms with Crippen LogP contribution in [0.1, 0.15) is 17.5 Å². The summed E-state index contributed by atoms with van der Waals surface area (Å²) in [5.41, 5.74) is 2.92. The van der Waals surface area contributed by atoms with Crippen molar-refractivity contribution in [3.05, 3.63) is 29.3 Å². The summed E-state index contributed by atoms with van der Waals surface area (Å²) in [7, 11) is 2.18. The van der Waals surface area contributed by atoms with Crippen molar-refractivity contribution < 1.29 is 4.74 Å². The number of rotatable bonds is 2.